The molecule has 10 nitrogen and oxygen atoms in total. The Morgan fingerprint density at radius 3 is 2.37 bits per heavy atom. The Balaban J connectivity index is 1.40. The van der Waals surface area contributed by atoms with E-state index in [-0.39, 0.29) is 42.9 Å². The molecule has 4 rings (SSSR count). The average Bonchev–Trinajstić information content (AvgIpc) is 3.49. The number of aliphatic hydroxyl groups is 2. The summed E-state index contributed by atoms with van der Waals surface area (Å²) in [6.45, 7) is 10.8. The topological polar surface area (TPSA) is 129 Å². The first-order valence-electron chi connectivity index (χ1n) is 19.0. The summed E-state index contributed by atoms with van der Waals surface area (Å²) in [5, 5.41) is 25.3. The molecule has 0 radical (unpaired) electrons. The molecule has 10 heteroatoms. The fraction of sp³-hybridized carbons (Fsp3) is 0.769. The molecule has 0 bridgehead atoms. The molecule has 0 aromatic carbocycles. The Labute approximate surface area is 294 Å². The smallest absolute Gasteiger partial charge is 0.410 e. The summed E-state index contributed by atoms with van der Waals surface area (Å²) in [6.07, 6.45) is 18.3. The second-order valence-corrected chi connectivity index (χ2v) is 15.4. The second kappa shape index (κ2) is 19.1. The van der Waals surface area contributed by atoms with Gasteiger partial charge >= 0.3 is 12.1 Å². The molecule has 2 aliphatic carbocycles. The van der Waals surface area contributed by atoms with E-state index in [4.69, 9.17) is 9.47 Å². The number of hydrogen-bond donors (Lipinski definition) is 3. The predicted octanol–water partition coefficient (Wildman–Crippen LogP) is 5.68. The summed E-state index contributed by atoms with van der Waals surface area (Å²) in [5.74, 6) is -0.418. The lowest BCUT2D eigenvalue weighted by Gasteiger charge is -2.40. The third kappa shape index (κ3) is 12.2. The van der Waals surface area contributed by atoms with Gasteiger partial charge in [0.1, 0.15) is 11.7 Å². The second-order valence-electron chi connectivity index (χ2n) is 15.4. The standard InChI is InChI=1S/C39H63N3O7/c1-28(27-40-37(45)31-14-9-10-15-31)12-11-13-29(2)36-30(3)18-19-34(39(4,47)21-20-33(43)26-35(44)49-36)48-38(46)42-24-22-41(23-25-42)32-16-7-5-6-8-17-32/h11-13,18-19,28,30-34,36,43,47H,5-10,14-17,20-27H2,1-4H3,(H,40,45)/b12-11+,19-18-,29-13+/t28-,30+,33+,34+,36-,39+/m1/s1. The van der Waals surface area contributed by atoms with Gasteiger partial charge in [-0.1, -0.05) is 76.7 Å². The maximum atomic E-state index is 13.4. The normalized spacial score (nSPS) is 32.1. The van der Waals surface area contributed by atoms with Crippen LogP contribution in [0.15, 0.2) is 36.0 Å². The van der Waals surface area contributed by atoms with E-state index in [2.05, 4.69) is 10.2 Å². The van der Waals surface area contributed by atoms with Crippen molar-refractivity contribution in [2.45, 2.75) is 141 Å². The largest absolute Gasteiger partial charge is 0.457 e. The third-order valence-corrected chi connectivity index (χ3v) is 11.0. The number of allylic oxidation sites excluding steroid dienone is 2. The van der Waals surface area contributed by atoms with E-state index >= 15 is 0 Å². The van der Waals surface area contributed by atoms with Crippen LogP contribution in [0.5, 0.6) is 0 Å². The number of piperazine rings is 1. The fourth-order valence-electron chi connectivity index (χ4n) is 7.68. The van der Waals surface area contributed by atoms with Crippen LogP contribution in [0.2, 0.25) is 0 Å². The van der Waals surface area contributed by atoms with Crippen LogP contribution in [0.4, 0.5) is 4.79 Å². The molecule has 0 spiro atoms. The van der Waals surface area contributed by atoms with Gasteiger partial charge in [0, 0.05) is 50.6 Å². The van der Waals surface area contributed by atoms with Crippen LogP contribution in [-0.4, -0.2) is 101 Å². The Bertz CT molecular complexity index is 1160. The highest BCUT2D eigenvalue weighted by Gasteiger charge is 2.37. The van der Waals surface area contributed by atoms with Crippen molar-refractivity contribution >= 4 is 18.0 Å². The summed E-state index contributed by atoms with van der Waals surface area (Å²) in [7, 11) is 0. The minimum Gasteiger partial charge on any atom is -0.457 e. The molecule has 2 amide bonds. The number of carbonyl (C=O) groups is 3. The van der Waals surface area contributed by atoms with Gasteiger partial charge in [-0.2, -0.15) is 0 Å². The zero-order chi connectivity index (χ0) is 35.4. The summed E-state index contributed by atoms with van der Waals surface area (Å²) < 4.78 is 11.9. The molecule has 1 saturated heterocycles. The Kier molecular flexibility index (Phi) is 15.2. The van der Waals surface area contributed by atoms with E-state index in [9.17, 15) is 24.6 Å². The van der Waals surface area contributed by atoms with Gasteiger partial charge in [-0.15, -0.1) is 0 Å². The van der Waals surface area contributed by atoms with Crippen molar-refractivity contribution in [3.8, 4) is 0 Å². The van der Waals surface area contributed by atoms with Gasteiger partial charge in [-0.3, -0.25) is 14.5 Å². The van der Waals surface area contributed by atoms with Gasteiger partial charge in [-0.25, -0.2) is 4.79 Å². The van der Waals surface area contributed by atoms with Crippen LogP contribution in [0, 0.1) is 17.8 Å². The van der Waals surface area contributed by atoms with Gasteiger partial charge in [0.15, 0.2) is 6.10 Å². The molecule has 0 aromatic heterocycles. The number of nitrogens with zero attached hydrogens (tertiary/aromatic N) is 2. The van der Waals surface area contributed by atoms with Crippen molar-refractivity contribution in [3.63, 3.8) is 0 Å². The number of hydrogen-bond acceptors (Lipinski definition) is 8. The number of rotatable bonds is 8. The minimum atomic E-state index is -1.45. The number of nitrogens with one attached hydrogen (secondary N) is 1. The van der Waals surface area contributed by atoms with Crippen molar-refractivity contribution in [2.24, 2.45) is 17.8 Å². The number of aliphatic hydroxyl groups excluding tert-OH is 1. The van der Waals surface area contributed by atoms with Crippen LogP contribution >= 0.6 is 0 Å². The summed E-state index contributed by atoms with van der Waals surface area (Å²) in [4.78, 5) is 43.0. The molecule has 49 heavy (non-hydrogen) atoms. The molecule has 2 heterocycles. The zero-order valence-corrected chi connectivity index (χ0v) is 30.5. The lowest BCUT2D eigenvalue weighted by molar-refractivity contribution is -0.151. The van der Waals surface area contributed by atoms with Crippen molar-refractivity contribution in [1.82, 2.24) is 15.1 Å². The predicted molar refractivity (Wildman–Crippen MR) is 191 cm³/mol. The zero-order valence-electron chi connectivity index (χ0n) is 30.5. The molecule has 3 fully saturated rings. The molecule has 0 unspecified atom stereocenters. The van der Waals surface area contributed by atoms with Gasteiger partial charge in [0.2, 0.25) is 5.91 Å². The number of carbonyl (C=O) groups excluding carboxylic acids is 3. The Morgan fingerprint density at radius 2 is 1.69 bits per heavy atom. The number of esters is 1. The van der Waals surface area contributed by atoms with Crippen molar-refractivity contribution in [2.75, 3.05) is 32.7 Å². The molecule has 276 valence electrons. The number of amides is 2. The van der Waals surface area contributed by atoms with Crippen LogP contribution in [0.1, 0.15) is 111 Å². The van der Waals surface area contributed by atoms with Crippen LogP contribution < -0.4 is 5.32 Å². The molecule has 2 saturated carbocycles. The van der Waals surface area contributed by atoms with E-state index in [0.29, 0.717) is 25.7 Å². The monoisotopic (exact) mass is 685 g/mol. The van der Waals surface area contributed by atoms with Gasteiger partial charge in [0.05, 0.1) is 12.5 Å². The first-order valence-corrected chi connectivity index (χ1v) is 19.0. The van der Waals surface area contributed by atoms with E-state index in [0.717, 1.165) is 44.3 Å². The van der Waals surface area contributed by atoms with Crippen molar-refractivity contribution in [3.05, 3.63) is 36.0 Å². The first kappa shape index (κ1) is 39.1. The summed E-state index contributed by atoms with van der Waals surface area (Å²) in [5.41, 5.74) is -0.646. The third-order valence-electron chi connectivity index (χ3n) is 11.0. The fourth-order valence-corrected chi connectivity index (χ4v) is 7.68. The van der Waals surface area contributed by atoms with Crippen molar-refractivity contribution < 1.29 is 34.1 Å². The van der Waals surface area contributed by atoms with E-state index in [1.54, 1.807) is 17.9 Å². The lowest BCUT2D eigenvalue weighted by atomic mass is 9.89. The molecular weight excluding hydrogens is 622 g/mol. The highest BCUT2D eigenvalue weighted by atomic mass is 16.6. The van der Waals surface area contributed by atoms with Crippen LogP contribution in [0.25, 0.3) is 0 Å². The first-order chi connectivity index (χ1) is 23.4. The van der Waals surface area contributed by atoms with E-state index < -0.39 is 36.0 Å². The molecule has 2 aliphatic heterocycles. The van der Waals surface area contributed by atoms with Gasteiger partial charge in [-0.05, 0) is 69.9 Å². The highest BCUT2D eigenvalue weighted by Crippen LogP contribution is 2.29. The molecule has 4 aliphatic rings. The Hall–Kier alpha value is -2.69. The maximum absolute atomic E-state index is 13.4. The highest BCUT2D eigenvalue weighted by molar-refractivity contribution is 5.78. The SMILES string of the molecule is C/C(=C\C=C\[C@@H](C)CNC(=O)C1CCCC1)[C@H]1OC(=O)C[C@@H](O)CC[C@](C)(O)[C@@H](OC(=O)N2CCN(C3CCCCCC3)CC2)/C=C\[C@@H]1C. The van der Waals surface area contributed by atoms with Crippen LogP contribution in [0.3, 0.4) is 0 Å². The molecule has 3 N–H and O–H groups in total. The summed E-state index contributed by atoms with van der Waals surface area (Å²) >= 11 is 0. The molecule has 0 aromatic rings. The van der Waals surface area contributed by atoms with Gasteiger partial charge < -0.3 is 29.9 Å². The average molecular weight is 686 g/mol. The van der Waals surface area contributed by atoms with Crippen LogP contribution in [-0.2, 0) is 19.1 Å². The number of cyclic esters (lactones) is 1. The maximum Gasteiger partial charge on any atom is 0.410 e. The lowest BCUT2D eigenvalue weighted by Crippen LogP contribution is -2.53. The van der Waals surface area contributed by atoms with E-state index in [1.165, 1.54) is 38.5 Å². The van der Waals surface area contributed by atoms with Crippen molar-refractivity contribution in [1.29, 1.82) is 0 Å². The van der Waals surface area contributed by atoms with E-state index in [1.807, 2.05) is 45.1 Å². The minimum absolute atomic E-state index is 0.123. The molecule has 6 atom stereocenters. The quantitative estimate of drug-likeness (QED) is 0.129. The Morgan fingerprint density at radius 1 is 1.04 bits per heavy atom. The summed E-state index contributed by atoms with van der Waals surface area (Å²) in [6, 6.07) is 0.593. The van der Waals surface area contributed by atoms with Gasteiger partial charge in [0.25, 0.3) is 0 Å². The number of ether oxygens (including phenoxy) is 2. The molecular formula is C39H63N3O7.